The highest BCUT2D eigenvalue weighted by atomic mass is 28.4. The third-order valence-electron chi connectivity index (χ3n) is 3.64. The molecular formula is C14H30O5Si. The zero-order valence-corrected chi connectivity index (χ0v) is 15.1. The van der Waals surface area contributed by atoms with Crippen LogP contribution in [0, 0.1) is 0 Å². The van der Waals surface area contributed by atoms with E-state index in [9.17, 15) is 4.79 Å². The first-order valence-electron chi connectivity index (χ1n) is 6.91. The molecule has 2 atom stereocenters. The standard InChI is InChI=1S/C14H30O5Si/c1-11(9-16-5)18-10-12(13(15)17-6)19-20(7,8)14(2,3)4/h11-12H,9-10H2,1-8H3/t11-,12-/m0/s1. The van der Waals surface area contributed by atoms with E-state index in [0.717, 1.165) is 0 Å². The van der Waals surface area contributed by atoms with Crippen molar-refractivity contribution in [2.75, 3.05) is 27.4 Å². The lowest BCUT2D eigenvalue weighted by Gasteiger charge is -2.38. The molecule has 0 aliphatic carbocycles. The van der Waals surface area contributed by atoms with Gasteiger partial charge in [-0.05, 0) is 25.1 Å². The van der Waals surface area contributed by atoms with Crippen molar-refractivity contribution in [1.82, 2.24) is 0 Å². The molecule has 0 aliphatic heterocycles. The minimum atomic E-state index is -2.05. The third kappa shape index (κ3) is 6.34. The maximum Gasteiger partial charge on any atom is 0.336 e. The van der Waals surface area contributed by atoms with Gasteiger partial charge in [0.25, 0.3) is 0 Å². The molecule has 0 fully saturated rings. The first-order valence-corrected chi connectivity index (χ1v) is 9.82. The summed E-state index contributed by atoms with van der Waals surface area (Å²) in [4.78, 5) is 11.9. The molecule has 5 nitrogen and oxygen atoms in total. The summed E-state index contributed by atoms with van der Waals surface area (Å²) >= 11 is 0. The van der Waals surface area contributed by atoms with Crippen molar-refractivity contribution in [1.29, 1.82) is 0 Å². The zero-order valence-electron chi connectivity index (χ0n) is 14.1. The summed E-state index contributed by atoms with van der Waals surface area (Å²) in [6, 6.07) is 0. The predicted molar refractivity (Wildman–Crippen MR) is 81.4 cm³/mol. The molecule has 0 aliphatic rings. The van der Waals surface area contributed by atoms with Gasteiger partial charge in [-0.3, -0.25) is 0 Å². The molecule has 6 heteroatoms. The van der Waals surface area contributed by atoms with E-state index in [1.54, 1.807) is 7.11 Å². The maximum atomic E-state index is 11.9. The largest absolute Gasteiger partial charge is 0.467 e. The highest BCUT2D eigenvalue weighted by molar-refractivity contribution is 6.74. The van der Waals surface area contributed by atoms with Gasteiger partial charge in [-0.2, -0.15) is 0 Å². The summed E-state index contributed by atoms with van der Waals surface area (Å²) < 4.78 is 21.5. The SMILES string of the molecule is COC[C@H](C)OC[C@H](O[Si](C)(C)C(C)(C)C)C(=O)OC. The normalized spacial score (nSPS) is 15.8. The molecule has 0 N–H and O–H groups in total. The van der Waals surface area contributed by atoms with Crippen LogP contribution in [0.2, 0.25) is 18.1 Å². The van der Waals surface area contributed by atoms with E-state index in [2.05, 4.69) is 33.9 Å². The van der Waals surface area contributed by atoms with Crippen LogP contribution in [0.5, 0.6) is 0 Å². The van der Waals surface area contributed by atoms with Gasteiger partial charge in [-0.15, -0.1) is 0 Å². The van der Waals surface area contributed by atoms with Crippen LogP contribution in [0.3, 0.4) is 0 Å². The van der Waals surface area contributed by atoms with Gasteiger partial charge in [0, 0.05) is 7.11 Å². The van der Waals surface area contributed by atoms with Crippen LogP contribution in [-0.2, 0) is 23.4 Å². The first-order chi connectivity index (χ1) is 9.05. The second kappa shape index (κ2) is 8.12. The Labute approximate surface area is 124 Å². The van der Waals surface area contributed by atoms with Crippen molar-refractivity contribution >= 4 is 14.3 Å². The Morgan fingerprint density at radius 1 is 1.15 bits per heavy atom. The monoisotopic (exact) mass is 306 g/mol. The molecule has 0 bridgehead atoms. The number of hydrogen-bond donors (Lipinski definition) is 0. The lowest BCUT2D eigenvalue weighted by molar-refractivity contribution is -0.154. The fraction of sp³-hybridized carbons (Fsp3) is 0.929. The number of methoxy groups -OCH3 is 2. The van der Waals surface area contributed by atoms with Crippen LogP contribution < -0.4 is 0 Å². The molecule has 0 spiro atoms. The average molecular weight is 306 g/mol. The summed E-state index contributed by atoms with van der Waals surface area (Å²) in [6.07, 6.45) is -0.768. The van der Waals surface area contributed by atoms with E-state index in [1.807, 2.05) is 6.92 Å². The van der Waals surface area contributed by atoms with Crippen molar-refractivity contribution < 1.29 is 23.4 Å². The number of hydrogen-bond acceptors (Lipinski definition) is 5. The van der Waals surface area contributed by atoms with Crippen molar-refractivity contribution in [2.24, 2.45) is 0 Å². The van der Waals surface area contributed by atoms with Gasteiger partial charge in [-0.1, -0.05) is 20.8 Å². The van der Waals surface area contributed by atoms with E-state index < -0.39 is 14.4 Å². The Balaban J connectivity index is 4.70. The lowest BCUT2D eigenvalue weighted by Crippen LogP contribution is -2.48. The molecule has 120 valence electrons. The van der Waals surface area contributed by atoms with Gasteiger partial charge in [-0.25, -0.2) is 4.79 Å². The van der Waals surface area contributed by atoms with E-state index in [0.29, 0.717) is 6.61 Å². The summed E-state index contributed by atoms with van der Waals surface area (Å²) in [5, 5.41) is 0.0252. The average Bonchev–Trinajstić information content (AvgIpc) is 2.32. The highest BCUT2D eigenvalue weighted by Crippen LogP contribution is 2.37. The number of carbonyl (C=O) groups excluding carboxylic acids is 1. The fourth-order valence-electron chi connectivity index (χ4n) is 1.35. The van der Waals surface area contributed by atoms with Gasteiger partial charge >= 0.3 is 5.97 Å². The Bertz CT molecular complexity index is 298. The molecule has 0 aromatic rings. The number of ether oxygens (including phenoxy) is 3. The topological polar surface area (TPSA) is 54.0 Å². The maximum absolute atomic E-state index is 11.9. The molecule has 0 heterocycles. The fourth-order valence-corrected chi connectivity index (χ4v) is 2.58. The van der Waals surface area contributed by atoms with Crippen molar-refractivity contribution in [3.63, 3.8) is 0 Å². The van der Waals surface area contributed by atoms with Gasteiger partial charge in [0.05, 0.1) is 26.4 Å². The Morgan fingerprint density at radius 3 is 2.10 bits per heavy atom. The van der Waals surface area contributed by atoms with E-state index in [1.165, 1.54) is 7.11 Å². The molecule has 0 saturated carbocycles. The minimum Gasteiger partial charge on any atom is -0.467 e. The minimum absolute atomic E-state index is 0.0252. The second-order valence-corrected chi connectivity index (χ2v) is 11.2. The summed E-state index contributed by atoms with van der Waals surface area (Å²) in [7, 11) is 0.929. The molecular weight excluding hydrogens is 276 g/mol. The van der Waals surface area contributed by atoms with Crippen molar-refractivity contribution in [2.45, 2.75) is 58.0 Å². The summed E-state index contributed by atoms with van der Waals surface area (Å²) in [6.45, 7) is 13.1. The van der Waals surface area contributed by atoms with Gasteiger partial charge in [0.15, 0.2) is 14.4 Å². The van der Waals surface area contributed by atoms with Crippen LogP contribution in [0.4, 0.5) is 0 Å². The van der Waals surface area contributed by atoms with Gasteiger partial charge in [0.2, 0.25) is 0 Å². The summed E-state index contributed by atoms with van der Waals surface area (Å²) in [5.74, 6) is -0.389. The zero-order chi connectivity index (χ0) is 16.0. The Hall–Kier alpha value is -0.433. The molecule has 0 rings (SSSR count). The number of carbonyl (C=O) groups is 1. The quantitative estimate of drug-likeness (QED) is 0.509. The van der Waals surface area contributed by atoms with Crippen LogP contribution >= 0.6 is 0 Å². The molecule has 0 aromatic carbocycles. The molecule has 20 heavy (non-hydrogen) atoms. The molecule has 0 saturated heterocycles. The number of rotatable bonds is 8. The lowest BCUT2D eigenvalue weighted by atomic mass is 10.2. The number of esters is 1. The van der Waals surface area contributed by atoms with Crippen LogP contribution in [0.25, 0.3) is 0 Å². The van der Waals surface area contributed by atoms with Crippen LogP contribution in [0.1, 0.15) is 27.7 Å². The van der Waals surface area contributed by atoms with Gasteiger partial charge in [0.1, 0.15) is 0 Å². The summed E-state index contributed by atoms with van der Waals surface area (Å²) in [5.41, 5.74) is 0. The Kier molecular flexibility index (Phi) is 7.94. The van der Waals surface area contributed by atoms with E-state index in [-0.39, 0.29) is 23.7 Å². The Morgan fingerprint density at radius 2 is 1.70 bits per heavy atom. The van der Waals surface area contributed by atoms with Crippen LogP contribution in [-0.4, -0.2) is 53.9 Å². The highest BCUT2D eigenvalue weighted by Gasteiger charge is 2.41. The van der Waals surface area contributed by atoms with Crippen molar-refractivity contribution in [3.8, 4) is 0 Å². The van der Waals surface area contributed by atoms with Gasteiger partial charge < -0.3 is 18.6 Å². The predicted octanol–water partition coefficient (Wildman–Crippen LogP) is 2.60. The second-order valence-electron chi connectivity index (χ2n) is 6.49. The van der Waals surface area contributed by atoms with Crippen molar-refractivity contribution in [3.05, 3.63) is 0 Å². The van der Waals surface area contributed by atoms with E-state index in [4.69, 9.17) is 18.6 Å². The molecule has 0 aromatic heterocycles. The molecule has 0 unspecified atom stereocenters. The molecule has 0 amide bonds. The first kappa shape index (κ1) is 19.6. The van der Waals surface area contributed by atoms with E-state index >= 15 is 0 Å². The third-order valence-corrected chi connectivity index (χ3v) is 8.13. The smallest absolute Gasteiger partial charge is 0.336 e. The van der Waals surface area contributed by atoms with Crippen LogP contribution in [0.15, 0.2) is 0 Å². The molecule has 0 radical (unpaired) electrons.